The van der Waals surface area contributed by atoms with E-state index in [0.717, 1.165) is 5.56 Å². The Kier molecular flexibility index (Phi) is 4.07. The van der Waals surface area contributed by atoms with E-state index < -0.39 is 5.97 Å². The molecule has 0 aliphatic rings. The van der Waals surface area contributed by atoms with Crippen LogP contribution in [0.3, 0.4) is 0 Å². The van der Waals surface area contributed by atoms with Crippen molar-refractivity contribution in [1.82, 2.24) is 5.32 Å². The molecule has 0 aromatic heterocycles. The molecule has 0 aliphatic carbocycles. The van der Waals surface area contributed by atoms with Gasteiger partial charge in [-0.15, -0.1) is 0 Å². The average molecular weight is 197 g/mol. The van der Waals surface area contributed by atoms with Crippen LogP contribution in [0.2, 0.25) is 0 Å². The van der Waals surface area contributed by atoms with Gasteiger partial charge in [-0.05, 0) is 17.7 Å². The summed E-state index contributed by atoms with van der Waals surface area (Å²) < 4.78 is 12.7. The van der Waals surface area contributed by atoms with E-state index in [1.165, 1.54) is 12.1 Å². The van der Waals surface area contributed by atoms with Gasteiger partial charge >= 0.3 is 5.97 Å². The summed E-state index contributed by atoms with van der Waals surface area (Å²) in [5, 5.41) is 11.3. The lowest BCUT2D eigenvalue weighted by Crippen LogP contribution is -2.17. The zero-order chi connectivity index (χ0) is 10.4. The topological polar surface area (TPSA) is 49.3 Å². The first-order valence-electron chi connectivity index (χ1n) is 4.35. The van der Waals surface area contributed by atoms with Gasteiger partial charge in [0, 0.05) is 13.1 Å². The Bertz CT molecular complexity index is 315. The van der Waals surface area contributed by atoms with Gasteiger partial charge in [-0.2, -0.15) is 0 Å². The normalized spacial score (nSPS) is 10.1. The molecular weight excluding hydrogens is 185 g/mol. The molecule has 0 bridgehead atoms. The summed E-state index contributed by atoms with van der Waals surface area (Å²) in [5.74, 6) is -1.11. The van der Waals surface area contributed by atoms with Crippen LogP contribution in [0.1, 0.15) is 12.0 Å². The summed E-state index contributed by atoms with van der Waals surface area (Å²) in [5.41, 5.74) is 0.815. The molecule has 1 aromatic carbocycles. The van der Waals surface area contributed by atoms with Crippen LogP contribution < -0.4 is 5.32 Å². The lowest BCUT2D eigenvalue weighted by Gasteiger charge is -2.02. The molecule has 4 heteroatoms. The van der Waals surface area contributed by atoms with Crippen molar-refractivity contribution in [2.24, 2.45) is 0 Å². The van der Waals surface area contributed by atoms with E-state index in [2.05, 4.69) is 5.32 Å². The number of nitrogens with one attached hydrogen (secondary N) is 1. The second-order valence-electron chi connectivity index (χ2n) is 2.95. The summed E-state index contributed by atoms with van der Waals surface area (Å²) in [7, 11) is 0. The molecule has 0 unspecified atom stereocenters. The fourth-order valence-electron chi connectivity index (χ4n) is 1.07. The van der Waals surface area contributed by atoms with Crippen LogP contribution in [0.5, 0.6) is 0 Å². The quantitative estimate of drug-likeness (QED) is 0.701. The van der Waals surface area contributed by atoms with Crippen LogP contribution >= 0.6 is 0 Å². The number of carbonyl (C=O) groups is 1. The molecule has 14 heavy (non-hydrogen) atoms. The maximum atomic E-state index is 12.7. The zero-order valence-corrected chi connectivity index (χ0v) is 7.66. The van der Waals surface area contributed by atoms with E-state index in [1.807, 2.05) is 0 Å². The van der Waals surface area contributed by atoms with Gasteiger partial charge in [0.25, 0.3) is 0 Å². The van der Waals surface area contributed by atoms with Gasteiger partial charge in [0.15, 0.2) is 0 Å². The smallest absolute Gasteiger partial charge is 0.304 e. The van der Waals surface area contributed by atoms with Crippen molar-refractivity contribution in [1.29, 1.82) is 0 Å². The minimum atomic E-state index is -0.836. The first kappa shape index (κ1) is 10.7. The lowest BCUT2D eigenvalue weighted by atomic mass is 10.2. The molecule has 76 valence electrons. The molecule has 0 spiro atoms. The number of aliphatic carboxylic acids is 1. The predicted octanol–water partition coefficient (Wildman–Crippen LogP) is 1.39. The van der Waals surface area contributed by atoms with Crippen molar-refractivity contribution < 1.29 is 14.3 Å². The number of carboxylic acids is 1. The molecule has 2 N–H and O–H groups in total. The second kappa shape index (κ2) is 5.34. The van der Waals surface area contributed by atoms with Crippen LogP contribution in [0.25, 0.3) is 0 Å². The Balaban J connectivity index is 2.28. The molecule has 1 aromatic rings. The highest BCUT2D eigenvalue weighted by molar-refractivity contribution is 5.66. The Labute approximate surface area is 81.6 Å². The van der Waals surface area contributed by atoms with Crippen molar-refractivity contribution >= 4 is 5.97 Å². The number of rotatable bonds is 5. The Hall–Kier alpha value is -1.42. The van der Waals surface area contributed by atoms with Gasteiger partial charge in [-0.25, -0.2) is 4.39 Å². The van der Waals surface area contributed by atoms with Crippen LogP contribution in [0, 0.1) is 5.82 Å². The summed E-state index contributed by atoms with van der Waals surface area (Å²) in [6.45, 7) is 0.886. The van der Waals surface area contributed by atoms with Crippen LogP contribution in [0.15, 0.2) is 24.3 Å². The third-order valence-corrected chi connectivity index (χ3v) is 1.73. The predicted molar refractivity (Wildman–Crippen MR) is 50.4 cm³/mol. The summed E-state index contributed by atoms with van der Waals surface area (Å²) in [6, 6.07) is 6.22. The van der Waals surface area contributed by atoms with E-state index in [4.69, 9.17) is 5.11 Å². The molecular formula is C10H12FNO2. The molecule has 0 fully saturated rings. The third kappa shape index (κ3) is 4.00. The number of benzene rings is 1. The highest BCUT2D eigenvalue weighted by Gasteiger charge is 1.97. The molecule has 1 rings (SSSR count). The number of hydrogen-bond donors (Lipinski definition) is 2. The largest absolute Gasteiger partial charge is 0.481 e. The van der Waals surface area contributed by atoms with Gasteiger partial charge in [0.1, 0.15) is 5.82 Å². The number of hydrogen-bond acceptors (Lipinski definition) is 2. The number of carboxylic acid groups (broad SMARTS) is 1. The molecule has 0 saturated heterocycles. The third-order valence-electron chi connectivity index (χ3n) is 1.73. The van der Waals surface area contributed by atoms with Crippen LogP contribution in [0.4, 0.5) is 4.39 Å². The number of halogens is 1. The molecule has 3 nitrogen and oxygen atoms in total. The van der Waals surface area contributed by atoms with Gasteiger partial charge in [0.2, 0.25) is 0 Å². The fourth-order valence-corrected chi connectivity index (χ4v) is 1.07. The van der Waals surface area contributed by atoms with Crippen molar-refractivity contribution in [3.05, 3.63) is 35.6 Å². The van der Waals surface area contributed by atoms with E-state index in [1.54, 1.807) is 12.1 Å². The van der Waals surface area contributed by atoms with E-state index in [-0.39, 0.29) is 12.2 Å². The summed E-state index contributed by atoms with van der Waals surface area (Å²) in [6.07, 6.45) is 0.0787. The minimum absolute atomic E-state index is 0.0787. The SMILES string of the molecule is O=C(O)CCNCc1cccc(F)c1. The molecule has 0 saturated carbocycles. The Morgan fingerprint density at radius 1 is 1.50 bits per heavy atom. The van der Waals surface area contributed by atoms with Crippen molar-refractivity contribution in [3.8, 4) is 0 Å². The van der Waals surface area contributed by atoms with Gasteiger partial charge < -0.3 is 10.4 Å². The zero-order valence-electron chi connectivity index (χ0n) is 7.66. The minimum Gasteiger partial charge on any atom is -0.481 e. The highest BCUT2D eigenvalue weighted by Crippen LogP contribution is 2.02. The van der Waals surface area contributed by atoms with Gasteiger partial charge in [-0.3, -0.25) is 4.79 Å². The van der Waals surface area contributed by atoms with Crippen molar-refractivity contribution in [2.45, 2.75) is 13.0 Å². The summed E-state index contributed by atoms with van der Waals surface area (Å²) >= 11 is 0. The Morgan fingerprint density at radius 2 is 2.29 bits per heavy atom. The first-order valence-corrected chi connectivity index (χ1v) is 4.35. The monoisotopic (exact) mass is 197 g/mol. The van der Waals surface area contributed by atoms with Crippen molar-refractivity contribution in [2.75, 3.05) is 6.54 Å². The molecule has 0 amide bonds. The Morgan fingerprint density at radius 3 is 2.93 bits per heavy atom. The highest BCUT2D eigenvalue weighted by atomic mass is 19.1. The summed E-state index contributed by atoms with van der Waals surface area (Å²) in [4.78, 5) is 10.2. The first-order chi connectivity index (χ1) is 6.68. The van der Waals surface area contributed by atoms with E-state index in [9.17, 15) is 9.18 Å². The van der Waals surface area contributed by atoms with Crippen LogP contribution in [-0.2, 0) is 11.3 Å². The second-order valence-corrected chi connectivity index (χ2v) is 2.95. The standard InChI is InChI=1S/C10H12FNO2/c11-9-3-1-2-8(6-9)7-12-5-4-10(13)14/h1-3,6,12H,4-5,7H2,(H,13,14). The molecule has 0 aliphatic heterocycles. The molecule has 0 heterocycles. The fraction of sp³-hybridized carbons (Fsp3) is 0.300. The molecule has 0 radical (unpaired) electrons. The van der Waals surface area contributed by atoms with Crippen molar-refractivity contribution in [3.63, 3.8) is 0 Å². The van der Waals surface area contributed by atoms with Gasteiger partial charge in [-0.1, -0.05) is 12.1 Å². The van der Waals surface area contributed by atoms with E-state index in [0.29, 0.717) is 13.1 Å². The molecule has 0 atom stereocenters. The lowest BCUT2D eigenvalue weighted by molar-refractivity contribution is -0.136. The average Bonchev–Trinajstić information content (AvgIpc) is 2.12. The maximum absolute atomic E-state index is 12.7. The van der Waals surface area contributed by atoms with E-state index >= 15 is 0 Å². The van der Waals surface area contributed by atoms with Crippen LogP contribution in [-0.4, -0.2) is 17.6 Å². The van der Waals surface area contributed by atoms with Gasteiger partial charge in [0.05, 0.1) is 6.42 Å². The maximum Gasteiger partial charge on any atom is 0.304 e.